The van der Waals surface area contributed by atoms with Crippen molar-refractivity contribution >= 4 is 38.9 Å². The van der Waals surface area contributed by atoms with Crippen LogP contribution in [0.3, 0.4) is 0 Å². The molecular weight excluding hydrogens is 344 g/mol. The molecule has 0 bridgehead atoms. The van der Waals surface area contributed by atoms with Crippen LogP contribution in [0, 0.1) is 0 Å². The van der Waals surface area contributed by atoms with Crippen molar-refractivity contribution in [2.45, 2.75) is 32.3 Å². The zero-order valence-corrected chi connectivity index (χ0v) is 14.2. The summed E-state index contributed by atoms with van der Waals surface area (Å²) < 4.78 is 0.840. The third kappa shape index (κ3) is 3.40. The molecule has 0 saturated heterocycles. The Kier molecular flexibility index (Phi) is 4.41. The van der Waals surface area contributed by atoms with E-state index in [9.17, 15) is 5.11 Å². The van der Waals surface area contributed by atoms with Gasteiger partial charge in [-0.25, -0.2) is 0 Å². The maximum atomic E-state index is 10.4. The predicted octanol–water partition coefficient (Wildman–Crippen LogP) is 5.54. The van der Waals surface area contributed by atoms with E-state index in [1.807, 2.05) is 18.2 Å². The molecule has 2 rings (SSSR count). The fraction of sp³-hybridized carbons (Fsp3) is 0.333. The van der Waals surface area contributed by atoms with Crippen LogP contribution in [-0.2, 0) is 5.41 Å². The second-order valence-electron chi connectivity index (χ2n) is 5.53. The first-order valence-corrected chi connectivity index (χ1v) is 8.01. The summed E-state index contributed by atoms with van der Waals surface area (Å²) in [5, 5.41) is 11.0. The van der Waals surface area contributed by atoms with Crippen LogP contribution < -0.4 is 0 Å². The summed E-state index contributed by atoms with van der Waals surface area (Å²) in [4.78, 5) is 2.22. The summed E-state index contributed by atoms with van der Waals surface area (Å²) in [5.41, 5.74) is 0.926. The van der Waals surface area contributed by atoms with Gasteiger partial charge in [-0.3, -0.25) is 0 Å². The van der Waals surface area contributed by atoms with E-state index < -0.39 is 6.10 Å². The van der Waals surface area contributed by atoms with Gasteiger partial charge >= 0.3 is 0 Å². The van der Waals surface area contributed by atoms with Crippen molar-refractivity contribution in [2.24, 2.45) is 0 Å². The highest BCUT2D eigenvalue weighted by Gasteiger charge is 2.20. The topological polar surface area (TPSA) is 20.2 Å². The molecule has 1 heterocycles. The molecule has 0 spiro atoms. The molecule has 1 unspecified atom stereocenters. The van der Waals surface area contributed by atoms with Gasteiger partial charge in [-0.05, 0) is 51.2 Å². The van der Waals surface area contributed by atoms with Crippen LogP contribution in [0.5, 0.6) is 0 Å². The average Bonchev–Trinajstić information content (AvgIpc) is 2.81. The van der Waals surface area contributed by atoms with Gasteiger partial charge in [0.1, 0.15) is 6.10 Å². The molecule has 0 aliphatic rings. The van der Waals surface area contributed by atoms with Crippen LogP contribution in [0.25, 0.3) is 0 Å². The number of rotatable bonds is 2. The van der Waals surface area contributed by atoms with Crippen LogP contribution in [0.2, 0.25) is 5.02 Å². The summed E-state index contributed by atoms with van der Waals surface area (Å²) in [6, 6.07) is 9.62. The lowest BCUT2D eigenvalue weighted by Crippen LogP contribution is -2.07. The number of benzene rings is 1. The second-order valence-corrected chi connectivity index (χ2v) is 7.90. The van der Waals surface area contributed by atoms with Crippen molar-refractivity contribution in [1.82, 2.24) is 0 Å². The van der Waals surface area contributed by atoms with Gasteiger partial charge < -0.3 is 5.11 Å². The zero-order chi connectivity index (χ0) is 14.2. The van der Waals surface area contributed by atoms with Crippen LogP contribution in [0.4, 0.5) is 0 Å². The molecule has 102 valence electrons. The second kappa shape index (κ2) is 5.57. The molecule has 0 aliphatic heterocycles. The molecule has 4 heteroatoms. The van der Waals surface area contributed by atoms with Crippen molar-refractivity contribution in [1.29, 1.82) is 0 Å². The Bertz CT molecular complexity index is 586. The minimum absolute atomic E-state index is 0.111. The summed E-state index contributed by atoms with van der Waals surface area (Å²) >= 11 is 11.1. The largest absolute Gasteiger partial charge is 0.383 e. The number of aliphatic hydroxyl groups is 1. The molecule has 0 saturated carbocycles. The molecule has 1 N–H and O–H groups in total. The lowest BCUT2D eigenvalue weighted by atomic mass is 9.95. The molecule has 2 aromatic rings. The Balaban J connectivity index is 2.31. The third-order valence-corrected chi connectivity index (χ3v) is 5.69. The Hall–Kier alpha value is -0.350. The maximum Gasteiger partial charge on any atom is 0.113 e. The van der Waals surface area contributed by atoms with Crippen LogP contribution in [-0.4, -0.2) is 5.11 Å². The maximum absolute atomic E-state index is 10.4. The van der Waals surface area contributed by atoms with Gasteiger partial charge in [-0.2, -0.15) is 0 Å². The number of hydrogen-bond donors (Lipinski definition) is 1. The molecule has 0 fully saturated rings. The highest BCUT2D eigenvalue weighted by atomic mass is 79.9. The van der Waals surface area contributed by atoms with E-state index in [1.54, 1.807) is 17.4 Å². The minimum Gasteiger partial charge on any atom is -0.383 e. The Morgan fingerprint density at radius 2 is 1.89 bits per heavy atom. The van der Waals surface area contributed by atoms with Crippen molar-refractivity contribution < 1.29 is 5.11 Å². The molecular formula is C15H16BrClOS. The van der Waals surface area contributed by atoms with Gasteiger partial charge in [0.15, 0.2) is 0 Å². The van der Waals surface area contributed by atoms with Gasteiger partial charge in [-0.15, -0.1) is 11.3 Å². The molecule has 0 radical (unpaired) electrons. The van der Waals surface area contributed by atoms with Gasteiger partial charge in [0.25, 0.3) is 0 Å². The first-order chi connectivity index (χ1) is 8.79. The highest BCUT2D eigenvalue weighted by Crippen LogP contribution is 2.36. The quantitative estimate of drug-likeness (QED) is 0.746. The monoisotopic (exact) mass is 358 g/mol. The van der Waals surface area contributed by atoms with Gasteiger partial charge in [0.05, 0.1) is 5.02 Å². The van der Waals surface area contributed by atoms with Crippen LogP contribution in [0.1, 0.15) is 42.2 Å². The van der Waals surface area contributed by atoms with E-state index in [-0.39, 0.29) is 5.41 Å². The molecule has 0 aliphatic carbocycles. The van der Waals surface area contributed by atoms with Crippen LogP contribution >= 0.6 is 38.9 Å². The van der Waals surface area contributed by atoms with Crippen molar-refractivity contribution in [3.8, 4) is 0 Å². The van der Waals surface area contributed by atoms with Gasteiger partial charge in [0, 0.05) is 14.2 Å². The summed E-state index contributed by atoms with van der Waals surface area (Å²) in [5.74, 6) is 0. The fourth-order valence-electron chi connectivity index (χ4n) is 1.75. The van der Waals surface area contributed by atoms with E-state index >= 15 is 0 Å². The van der Waals surface area contributed by atoms with Crippen LogP contribution in [0.15, 0.2) is 34.8 Å². The minimum atomic E-state index is -0.619. The fourth-order valence-corrected chi connectivity index (χ4v) is 3.27. The highest BCUT2D eigenvalue weighted by molar-refractivity contribution is 9.10. The molecule has 1 aromatic carbocycles. The van der Waals surface area contributed by atoms with Gasteiger partial charge in [0.2, 0.25) is 0 Å². The van der Waals surface area contributed by atoms with E-state index in [4.69, 9.17) is 11.6 Å². The SMILES string of the molecule is CC(C)(C)c1ccc(C(O)c2ccc(Br)c(Cl)c2)s1. The van der Waals surface area contributed by atoms with Gasteiger partial charge in [-0.1, -0.05) is 38.4 Å². The average molecular weight is 360 g/mol. The lowest BCUT2D eigenvalue weighted by Gasteiger charge is -2.16. The Labute approximate surface area is 131 Å². The number of thiophene rings is 1. The Morgan fingerprint density at radius 1 is 1.21 bits per heavy atom. The van der Waals surface area contributed by atoms with Crippen molar-refractivity contribution in [3.05, 3.63) is 55.1 Å². The first kappa shape index (κ1) is 15.0. The van der Waals surface area contributed by atoms with Crippen molar-refractivity contribution in [3.63, 3.8) is 0 Å². The van der Waals surface area contributed by atoms with E-state index in [0.717, 1.165) is 14.9 Å². The molecule has 0 amide bonds. The standard InChI is InChI=1S/C15H16BrClOS/c1-15(2,3)13-7-6-12(19-13)14(18)9-4-5-10(16)11(17)8-9/h4-8,14,18H,1-3H3. The van der Waals surface area contributed by atoms with E-state index in [2.05, 4.69) is 42.8 Å². The molecule has 1 nitrogen and oxygen atoms in total. The third-order valence-electron chi connectivity index (χ3n) is 2.89. The van der Waals surface area contributed by atoms with E-state index in [1.165, 1.54) is 4.88 Å². The first-order valence-electron chi connectivity index (χ1n) is 6.02. The van der Waals surface area contributed by atoms with Crippen molar-refractivity contribution in [2.75, 3.05) is 0 Å². The Morgan fingerprint density at radius 3 is 2.42 bits per heavy atom. The smallest absolute Gasteiger partial charge is 0.113 e. The predicted molar refractivity (Wildman–Crippen MR) is 86.2 cm³/mol. The molecule has 1 aromatic heterocycles. The number of aliphatic hydroxyl groups excluding tert-OH is 1. The summed E-state index contributed by atoms with van der Waals surface area (Å²) in [6.07, 6.45) is -0.619. The lowest BCUT2D eigenvalue weighted by molar-refractivity contribution is 0.224. The normalized spacial score (nSPS) is 13.6. The summed E-state index contributed by atoms with van der Waals surface area (Å²) in [7, 11) is 0. The molecule has 1 atom stereocenters. The van der Waals surface area contributed by atoms with E-state index in [0.29, 0.717) is 5.02 Å². The number of halogens is 2. The zero-order valence-electron chi connectivity index (χ0n) is 11.1. The molecule has 19 heavy (non-hydrogen) atoms. The number of hydrogen-bond acceptors (Lipinski definition) is 2. The summed E-state index contributed by atoms with van der Waals surface area (Å²) in [6.45, 7) is 6.52.